The third-order valence-corrected chi connectivity index (χ3v) is 4.27. The van der Waals surface area contributed by atoms with Gasteiger partial charge in [-0.3, -0.25) is 0 Å². The number of halogens is 3. The first-order valence-electron chi connectivity index (χ1n) is 5.58. The van der Waals surface area contributed by atoms with Crippen molar-refractivity contribution in [1.82, 2.24) is 25.2 Å². The zero-order valence-electron chi connectivity index (χ0n) is 10.2. The van der Waals surface area contributed by atoms with Crippen LogP contribution in [-0.2, 0) is 6.18 Å². The van der Waals surface area contributed by atoms with Gasteiger partial charge in [0.2, 0.25) is 5.16 Å². The van der Waals surface area contributed by atoms with Gasteiger partial charge < -0.3 is 0 Å². The Bertz CT molecular complexity index is 738. The van der Waals surface area contributed by atoms with Crippen LogP contribution in [0.5, 0.6) is 0 Å². The lowest BCUT2D eigenvalue weighted by atomic mass is 10.3. The van der Waals surface area contributed by atoms with Crippen LogP contribution in [-0.4, -0.2) is 25.2 Å². The Morgan fingerprint density at radius 3 is 2.57 bits per heavy atom. The molecular formula is C11H6F3N5S2. The number of tetrazole rings is 1. The van der Waals surface area contributed by atoms with Gasteiger partial charge in [0.15, 0.2) is 10.0 Å². The van der Waals surface area contributed by atoms with Crippen LogP contribution in [0.2, 0.25) is 0 Å². The zero-order chi connectivity index (χ0) is 14.9. The highest BCUT2D eigenvalue weighted by molar-refractivity contribution is 8.00. The molecule has 0 unspecified atom stereocenters. The smallest absolute Gasteiger partial charge is 0.225 e. The van der Waals surface area contributed by atoms with Crippen molar-refractivity contribution in [2.45, 2.75) is 15.7 Å². The lowest BCUT2D eigenvalue weighted by Gasteiger charge is -2.02. The summed E-state index contributed by atoms with van der Waals surface area (Å²) in [5, 5.41) is 12.5. The second kappa shape index (κ2) is 5.45. The lowest BCUT2D eigenvalue weighted by Crippen LogP contribution is -2.04. The number of benzene rings is 1. The van der Waals surface area contributed by atoms with E-state index in [2.05, 4.69) is 20.5 Å². The molecule has 0 radical (unpaired) electrons. The molecule has 1 aromatic carbocycles. The summed E-state index contributed by atoms with van der Waals surface area (Å²) in [5.74, 6) is 0. The monoisotopic (exact) mass is 329 g/mol. The summed E-state index contributed by atoms with van der Waals surface area (Å²) in [6.07, 6.45) is -4.44. The van der Waals surface area contributed by atoms with Crippen LogP contribution >= 0.6 is 23.1 Å². The van der Waals surface area contributed by atoms with E-state index in [4.69, 9.17) is 0 Å². The van der Waals surface area contributed by atoms with Gasteiger partial charge in [0.25, 0.3) is 0 Å². The van der Waals surface area contributed by atoms with Crippen molar-refractivity contribution in [3.05, 3.63) is 41.4 Å². The Labute approximate surface area is 124 Å². The zero-order valence-corrected chi connectivity index (χ0v) is 11.8. The van der Waals surface area contributed by atoms with E-state index in [0.29, 0.717) is 5.16 Å². The van der Waals surface area contributed by atoms with Crippen molar-refractivity contribution in [2.24, 2.45) is 0 Å². The van der Waals surface area contributed by atoms with E-state index in [1.165, 1.54) is 4.68 Å². The fourth-order valence-electron chi connectivity index (χ4n) is 1.49. The quantitative estimate of drug-likeness (QED) is 0.738. The van der Waals surface area contributed by atoms with Crippen LogP contribution in [0, 0.1) is 0 Å². The third-order valence-electron chi connectivity index (χ3n) is 2.39. The first kappa shape index (κ1) is 14.0. The molecule has 3 rings (SSSR count). The average molecular weight is 329 g/mol. The van der Waals surface area contributed by atoms with Crippen LogP contribution in [0.25, 0.3) is 5.69 Å². The molecule has 2 heterocycles. The standard InChI is InChI=1S/C11H6F3N5S2/c12-11(13,14)8-6-20-10(15-8)21-9-16-17-18-19(9)7-4-2-1-3-5-7/h1-6H. The van der Waals surface area contributed by atoms with Crippen molar-refractivity contribution in [2.75, 3.05) is 0 Å². The number of hydrogen-bond acceptors (Lipinski definition) is 6. The van der Waals surface area contributed by atoms with Gasteiger partial charge in [0, 0.05) is 5.38 Å². The Hall–Kier alpha value is -1.94. The van der Waals surface area contributed by atoms with Crippen molar-refractivity contribution in [3.63, 3.8) is 0 Å². The van der Waals surface area contributed by atoms with Crippen molar-refractivity contribution >= 4 is 23.1 Å². The summed E-state index contributed by atoms with van der Waals surface area (Å²) in [7, 11) is 0. The van der Waals surface area contributed by atoms with E-state index >= 15 is 0 Å². The maximum absolute atomic E-state index is 12.5. The largest absolute Gasteiger partial charge is 0.434 e. The number of aromatic nitrogens is 5. The molecule has 0 aliphatic heterocycles. The second-order valence-electron chi connectivity index (χ2n) is 3.81. The molecular weight excluding hydrogens is 323 g/mol. The second-order valence-corrected chi connectivity index (χ2v) is 5.88. The van der Waals surface area contributed by atoms with Crippen molar-refractivity contribution in [3.8, 4) is 5.69 Å². The van der Waals surface area contributed by atoms with Crippen LogP contribution in [0.3, 0.4) is 0 Å². The lowest BCUT2D eigenvalue weighted by molar-refractivity contribution is -0.141. The van der Waals surface area contributed by atoms with Gasteiger partial charge in [-0.25, -0.2) is 4.98 Å². The minimum atomic E-state index is -4.44. The highest BCUT2D eigenvalue weighted by Crippen LogP contribution is 2.35. The number of thiazole rings is 1. The summed E-state index contributed by atoms with van der Waals surface area (Å²) in [5.41, 5.74) is -0.189. The van der Waals surface area contributed by atoms with Gasteiger partial charge in [0.05, 0.1) is 5.69 Å². The SMILES string of the molecule is FC(F)(F)c1csc(Sc2nnnn2-c2ccccc2)n1. The predicted molar refractivity (Wildman–Crippen MR) is 70.4 cm³/mol. The fourth-order valence-corrected chi connectivity index (χ4v) is 3.20. The molecule has 0 saturated carbocycles. The number of para-hydroxylation sites is 1. The normalized spacial score (nSPS) is 11.8. The summed E-state index contributed by atoms with van der Waals surface area (Å²) >= 11 is 1.89. The maximum atomic E-state index is 12.5. The number of rotatable bonds is 3. The summed E-state index contributed by atoms with van der Waals surface area (Å²) in [6, 6.07) is 9.07. The minimum Gasteiger partial charge on any atom is -0.225 e. The van der Waals surface area contributed by atoms with Crippen LogP contribution in [0.4, 0.5) is 13.2 Å². The molecule has 10 heteroatoms. The number of nitrogens with zero attached hydrogens (tertiary/aromatic N) is 5. The molecule has 0 aliphatic carbocycles. The highest BCUT2D eigenvalue weighted by Gasteiger charge is 2.34. The Kier molecular flexibility index (Phi) is 3.64. The Balaban J connectivity index is 1.87. The highest BCUT2D eigenvalue weighted by atomic mass is 32.2. The Morgan fingerprint density at radius 2 is 1.90 bits per heavy atom. The van der Waals surface area contributed by atoms with Gasteiger partial charge >= 0.3 is 6.18 Å². The molecule has 0 bridgehead atoms. The van der Waals surface area contributed by atoms with E-state index in [1.54, 1.807) is 12.1 Å². The van der Waals surface area contributed by atoms with Gasteiger partial charge in [-0.15, -0.1) is 16.4 Å². The first-order chi connectivity index (χ1) is 10.0. The molecule has 0 amide bonds. The van der Waals surface area contributed by atoms with Gasteiger partial charge in [-0.2, -0.15) is 17.9 Å². The number of alkyl halides is 3. The fraction of sp³-hybridized carbons (Fsp3) is 0.0909. The molecule has 0 aliphatic rings. The summed E-state index contributed by atoms with van der Waals surface area (Å²) < 4.78 is 39.2. The van der Waals surface area contributed by atoms with Crippen LogP contribution in [0.15, 0.2) is 45.2 Å². The summed E-state index contributed by atoms with van der Waals surface area (Å²) in [4.78, 5) is 3.54. The average Bonchev–Trinajstić information content (AvgIpc) is 3.09. The Morgan fingerprint density at radius 1 is 1.14 bits per heavy atom. The molecule has 0 spiro atoms. The number of hydrogen-bond donors (Lipinski definition) is 0. The third kappa shape index (κ3) is 3.05. The van der Waals surface area contributed by atoms with Crippen LogP contribution in [0.1, 0.15) is 5.69 Å². The first-order valence-corrected chi connectivity index (χ1v) is 7.28. The molecule has 108 valence electrons. The van der Waals surface area contributed by atoms with E-state index in [-0.39, 0.29) is 4.34 Å². The van der Waals surface area contributed by atoms with Gasteiger partial charge in [-0.05, 0) is 34.3 Å². The molecule has 0 fully saturated rings. The van der Waals surface area contributed by atoms with Gasteiger partial charge in [0.1, 0.15) is 0 Å². The molecule has 0 N–H and O–H groups in total. The molecule has 3 aromatic rings. The molecule has 2 aromatic heterocycles. The minimum absolute atomic E-state index is 0.231. The predicted octanol–water partition coefficient (Wildman–Crippen LogP) is 3.29. The van der Waals surface area contributed by atoms with E-state index in [9.17, 15) is 13.2 Å². The molecule has 0 atom stereocenters. The maximum Gasteiger partial charge on any atom is 0.434 e. The molecule has 0 saturated heterocycles. The van der Waals surface area contributed by atoms with Gasteiger partial charge in [-0.1, -0.05) is 18.2 Å². The molecule has 21 heavy (non-hydrogen) atoms. The van der Waals surface area contributed by atoms with E-state index < -0.39 is 11.9 Å². The van der Waals surface area contributed by atoms with E-state index in [0.717, 1.165) is 34.2 Å². The molecule has 5 nitrogen and oxygen atoms in total. The topological polar surface area (TPSA) is 56.5 Å². The van der Waals surface area contributed by atoms with Crippen LogP contribution < -0.4 is 0 Å². The summed E-state index contributed by atoms with van der Waals surface area (Å²) in [6.45, 7) is 0. The van der Waals surface area contributed by atoms with Crippen molar-refractivity contribution in [1.29, 1.82) is 0 Å². The van der Waals surface area contributed by atoms with Crippen molar-refractivity contribution < 1.29 is 13.2 Å². The van der Waals surface area contributed by atoms with E-state index in [1.807, 2.05) is 18.2 Å².